The third kappa shape index (κ3) is 17.2. The number of carbonyl (C=O) groups excluding carboxylic acids is 1. The van der Waals surface area contributed by atoms with E-state index in [9.17, 15) is 4.79 Å². The number of hydrogen-bond donors (Lipinski definition) is 0. The molecule has 39 heavy (non-hydrogen) atoms. The Morgan fingerprint density at radius 1 is 0.513 bits per heavy atom. The first-order valence-electron chi connectivity index (χ1n) is 13.5. The molecule has 2 rings (SSSR count). The van der Waals surface area contributed by atoms with Crippen LogP contribution in [0.2, 0.25) is 0 Å². The fourth-order valence-electron chi connectivity index (χ4n) is 3.43. The van der Waals surface area contributed by atoms with E-state index < -0.39 is 0 Å². The maximum Gasteiger partial charge on any atom is 0.310 e. The summed E-state index contributed by atoms with van der Waals surface area (Å²) in [6.07, 6.45) is 0.242. The van der Waals surface area contributed by atoms with E-state index in [1.54, 1.807) is 7.11 Å². The van der Waals surface area contributed by atoms with Crippen LogP contribution >= 0.6 is 0 Å². The summed E-state index contributed by atoms with van der Waals surface area (Å²) < 4.78 is 48.1. The van der Waals surface area contributed by atoms with Crippen molar-refractivity contribution in [3.63, 3.8) is 0 Å². The summed E-state index contributed by atoms with van der Waals surface area (Å²) in [4.78, 5) is 12.1. The molecule has 0 aliphatic heterocycles. The molecule has 0 aliphatic rings. The third-order valence-electron chi connectivity index (χ3n) is 5.37. The van der Waals surface area contributed by atoms with E-state index in [4.69, 9.17) is 42.6 Å². The molecule has 0 unspecified atom stereocenters. The molecule has 0 spiro atoms. The van der Waals surface area contributed by atoms with Gasteiger partial charge in [-0.25, -0.2) is 0 Å². The second-order valence-corrected chi connectivity index (χ2v) is 8.31. The quantitative estimate of drug-likeness (QED) is 0.128. The number of carbonyl (C=O) groups is 1. The van der Waals surface area contributed by atoms with Crippen molar-refractivity contribution >= 4 is 16.7 Å². The molecule has 0 atom stereocenters. The maximum atomic E-state index is 12.1. The minimum atomic E-state index is -0.263. The van der Waals surface area contributed by atoms with E-state index >= 15 is 0 Å². The minimum Gasteiger partial charge on any atom is -0.463 e. The Labute approximate surface area is 231 Å². The minimum absolute atomic E-state index is 0.219. The van der Waals surface area contributed by atoms with Crippen molar-refractivity contribution in [3.05, 3.63) is 48.0 Å². The van der Waals surface area contributed by atoms with Crippen molar-refractivity contribution in [1.82, 2.24) is 0 Å². The molecule has 2 aromatic carbocycles. The molecular formula is C29H44O10. The first kappa shape index (κ1) is 33.1. The summed E-state index contributed by atoms with van der Waals surface area (Å²) >= 11 is 0. The molecule has 0 radical (unpaired) electrons. The molecule has 0 aromatic heterocycles. The topological polar surface area (TPSA) is 100 Å². The van der Waals surface area contributed by atoms with Gasteiger partial charge in [0.15, 0.2) is 0 Å². The lowest BCUT2D eigenvalue weighted by Crippen LogP contribution is -2.16. The zero-order chi connectivity index (χ0) is 27.6. The number of ether oxygens (including phenoxy) is 9. The molecule has 220 valence electrons. The number of hydrogen-bond acceptors (Lipinski definition) is 10. The Hall–Kier alpha value is -2.15. The van der Waals surface area contributed by atoms with Gasteiger partial charge in [0.2, 0.25) is 0 Å². The number of fused-ring (bicyclic) bond motifs is 1. The smallest absolute Gasteiger partial charge is 0.310 e. The van der Waals surface area contributed by atoms with Gasteiger partial charge >= 0.3 is 5.97 Å². The highest BCUT2D eigenvalue weighted by Crippen LogP contribution is 2.19. The van der Waals surface area contributed by atoms with Gasteiger partial charge in [-0.05, 0) is 16.3 Å². The van der Waals surface area contributed by atoms with Crippen LogP contribution in [0.5, 0.6) is 0 Å². The lowest BCUT2D eigenvalue weighted by Gasteiger charge is -2.09. The SMILES string of the molecule is COCCOCCOCCOCCOCCOCCOCCOCCOC(=O)Cc1cccc2ccccc12. The van der Waals surface area contributed by atoms with Crippen molar-refractivity contribution in [2.75, 3.05) is 113 Å². The van der Waals surface area contributed by atoms with Gasteiger partial charge in [0.1, 0.15) is 6.61 Å². The first-order valence-corrected chi connectivity index (χ1v) is 13.5. The summed E-state index contributed by atoms with van der Waals surface area (Å²) in [5, 5.41) is 2.18. The number of benzene rings is 2. The van der Waals surface area contributed by atoms with Crippen LogP contribution in [0.15, 0.2) is 42.5 Å². The molecule has 10 heteroatoms. The van der Waals surface area contributed by atoms with Gasteiger partial charge in [0, 0.05) is 7.11 Å². The van der Waals surface area contributed by atoms with Gasteiger partial charge in [-0.3, -0.25) is 4.79 Å². The van der Waals surface area contributed by atoms with E-state index in [0.29, 0.717) is 99.1 Å². The lowest BCUT2D eigenvalue weighted by molar-refractivity contribution is -0.144. The second kappa shape index (κ2) is 23.7. The molecule has 2 aromatic rings. The van der Waals surface area contributed by atoms with Crippen LogP contribution in [0.25, 0.3) is 10.8 Å². The Bertz CT molecular complexity index is 858. The van der Waals surface area contributed by atoms with E-state index in [2.05, 4.69) is 0 Å². The highest BCUT2D eigenvalue weighted by molar-refractivity contribution is 5.88. The molecular weight excluding hydrogens is 508 g/mol. The predicted octanol–water partition coefficient (Wildman–Crippen LogP) is 2.69. The molecule has 0 saturated carbocycles. The molecule has 0 aliphatic carbocycles. The molecule has 0 N–H and O–H groups in total. The second-order valence-electron chi connectivity index (χ2n) is 8.31. The van der Waals surface area contributed by atoms with Gasteiger partial charge in [0.25, 0.3) is 0 Å². The van der Waals surface area contributed by atoms with Crippen molar-refractivity contribution < 1.29 is 47.4 Å². The van der Waals surface area contributed by atoms with Crippen LogP contribution in [0.1, 0.15) is 5.56 Å². The van der Waals surface area contributed by atoms with E-state index in [-0.39, 0.29) is 19.0 Å². The van der Waals surface area contributed by atoms with Gasteiger partial charge in [-0.1, -0.05) is 42.5 Å². The van der Waals surface area contributed by atoms with Crippen molar-refractivity contribution in [2.45, 2.75) is 6.42 Å². The van der Waals surface area contributed by atoms with Crippen LogP contribution in [-0.4, -0.2) is 119 Å². The molecule has 10 nitrogen and oxygen atoms in total. The lowest BCUT2D eigenvalue weighted by atomic mass is 10.0. The van der Waals surface area contributed by atoms with Crippen LogP contribution in [0, 0.1) is 0 Å². The van der Waals surface area contributed by atoms with E-state index in [1.807, 2.05) is 42.5 Å². The van der Waals surface area contributed by atoms with E-state index in [0.717, 1.165) is 16.3 Å². The Morgan fingerprint density at radius 2 is 0.923 bits per heavy atom. The number of esters is 1. The van der Waals surface area contributed by atoms with Crippen molar-refractivity contribution in [1.29, 1.82) is 0 Å². The number of methoxy groups -OCH3 is 1. The van der Waals surface area contributed by atoms with Gasteiger partial charge < -0.3 is 42.6 Å². The Balaban J connectivity index is 1.26. The third-order valence-corrected chi connectivity index (χ3v) is 5.37. The highest BCUT2D eigenvalue weighted by atomic mass is 16.6. The molecule has 0 heterocycles. The summed E-state index contributed by atoms with van der Waals surface area (Å²) in [5.74, 6) is -0.263. The zero-order valence-electron chi connectivity index (χ0n) is 23.1. The summed E-state index contributed by atoms with van der Waals surface area (Å²) in [6, 6.07) is 13.9. The zero-order valence-corrected chi connectivity index (χ0v) is 23.1. The maximum absolute atomic E-state index is 12.1. The monoisotopic (exact) mass is 552 g/mol. The molecule has 0 amide bonds. The normalized spacial score (nSPS) is 11.3. The van der Waals surface area contributed by atoms with Gasteiger partial charge in [-0.15, -0.1) is 0 Å². The fraction of sp³-hybridized carbons (Fsp3) is 0.621. The van der Waals surface area contributed by atoms with Crippen molar-refractivity contribution in [3.8, 4) is 0 Å². The first-order chi connectivity index (χ1) is 19.3. The predicted molar refractivity (Wildman–Crippen MR) is 146 cm³/mol. The van der Waals surface area contributed by atoms with Gasteiger partial charge in [0.05, 0.1) is 106 Å². The average molecular weight is 553 g/mol. The van der Waals surface area contributed by atoms with Crippen molar-refractivity contribution in [2.24, 2.45) is 0 Å². The van der Waals surface area contributed by atoms with Crippen LogP contribution < -0.4 is 0 Å². The largest absolute Gasteiger partial charge is 0.463 e. The molecule has 0 fully saturated rings. The molecule has 0 bridgehead atoms. The Kier molecular flexibility index (Phi) is 20.1. The summed E-state index contributed by atoms with van der Waals surface area (Å²) in [7, 11) is 1.64. The average Bonchev–Trinajstić information content (AvgIpc) is 2.95. The fourth-order valence-corrected chi connectivity index (χ4v) is 3.43. The highest BCUT2D eigenvalue weighted by Gasteiger charge is 2.08. The van der Waals surface area contributed by atoms with Gasteiger partial charge in [-0.2, -0.15) is 0 Å². The van der Waals surface area contributed by atoms with Crippen LogP contribution in [-0.2, 0) is 53.8 Å². The van der Waals surface area contributed by atoms with Crippen LogP contribution in [0.3, 0.4) is 0 Å². The summed E-state index contributed by atoms with van der Waals surface area (Å²) in [5.41, 5.74) is 0.962. The Morgan fingerprint density at radius 3 is 1.41 bits per heavy atom. The standard InChI is InChI=1S/C29H44O10/c1-31-9-10-32-11-12-33-13-14-34-15-16-35-17-18-36-19-20-37-21-22-38-23-24-39-29(30)25-27-7-4-6-26-5-2-3-8-28(26)27/h2-8H,9-25H2,1H3. The van der Waals surface area contributed by atoms with Crippen LogP contribution in [0.4, 0.5) is 0 Å². The van der Waals surface area contributed by atoms with E-state index in [1.165, 1.54) is 0 Å². The molecule has 0 saturated heterocycles. The number of rotatable bonds is 26. The summed E-state index contributed by atoms with van der Waals surface area (Å²) in [6.45, 7) is 7.73.